The Hall–Kier alpha value is -1.04. The van der Waals surface area contributed by atoms with Crippen LogP contribution in [-0.2, 0) is 0 Å². The van der Waals surface area contributed by atoms with Crippen LogP contribution >= 0.6 is 0 Å². The predicted octanol–water partition coefficient (Wildman–Crippen LogP) is 4.37. The van der Waals surface area contributed by atoms with Crippen LogP contribution in [0.4, 0.5) is 0 Å². The first-order valence-electron chi connectivity index (χ1n) is 5.52. The topological polar surface area (TPSA) is 0 Å². The fourth-order valence-corrected chi connectivity index (χ4v) is 1.33. The van der Waals surface area contributed by atoms with Gasteiger partial charge in [-0.3, -0.25) is 0 Å². The molecule has 0 unspecified atom stereocenters. The van der Waals surface area contributed by atoms with Crippen LogP contribution in [0.2, 0.25) is 0 Å². The SMILES string of the molecule is [C]1=CCCCC=CC=CCCC=CC1. The third-order valence-corrected chi connectivity index (χ3v) is 2.15. The molecular weight excluding hydrogens is 168 g/mol. The molecule has 0 nitrogen and oxygen atoms in total. The highest BCUT2D eigenvalue weighted by Crippen LogP contribution is 2.01. The number of hydrogen-bond acceptors (Lipinski definition) is 0. The molecule has 0 bridgehead atoms. The third-order valence-electron chi connectivity index (χ3n) is 2.15. The summed E-state index contributed by atoms with van der Waals surface area (Å²) in [4.78, 5) is 0. The van der Waals surface area contributed by atoms with Gasteiger partial charge in [0, 0.05) is 0 Å². The molecule has 0 aromatic rings. The van der Waals surface area contributed by atoms with E-state index in [2.05, 4.69) is 48.6 Å². The van der Waals surface area contributed by atoms with Crippen molar-refractivity contribution < 1.29 is 0 Å². The molecule has 1 aliphatic rings. The Morgan fingerprint density at radius 3 is 2.43 bits per heavy atom. The summed E-state index contributed by atoms with van der Waals surface area (Å²) in [6, 6.07) is 0. The molecule has 0 aromatic carbocycles. The second-order valence-corrected chi connectivity index (χ2v) is 3.45. The summed E-state index contributed by atoms with van der Waals surface area (Å²) in [5.41, 5.74) is 0. The van der Waals surface area contributed by atoms with E-state index in [0.717, 1.165) is 25.7 Å². The second-order valence-electron chi connectivity index (χ2n) is 3.45. The maximum absolute atomic E-state index is 3.29. The van der Waals surface area contributed by atoms with Crippen LogP contribution in [0.15, 0.2) is 42.5 Å². The Kier molecular flexibility index (Phi) is 6.74. The summed E-state index contributed by atoms with van der Waals surface area (Å²) >= 11 is 0. The van der Waals surface area contributed by atoms with Crippen molar-refractivity contribution in [2.75, 3.05) is 0 Å². The summed E-state index contributed by atoms with van der Waals surface area (Å²) in [5, 5.41) is 0. The van der Waals surface area contributed by atoms with Gasteiger partial charge in [-0.1, -0.05) is 42.5 Å². The molecule has 75 valence electrons. The van der Waals surface area contributed by atoms with Crippen molar-refractivity contribution in [2.45, 2.75) is 38.5 Å². The van der Waals surface area contributed by atoms with Crippen LogP contribution in [-0.4, -0.2) is 0 Å². The molecule has 1 rings (SSSR count). The van der Waals surface area contributed by atoms with Gasteiger partial charge in [0.15, 0.2) is 0 Å². The lowest BCUT2D eigenvalue weighted by Gasteiger charge is -1.91. The lowest BCUT2D eigenvalue weighted by molar-refractivity contribution is 0.863. The zero-order chi connectivity index (χ0) is 9.90. The van der Waals surface area contributed by atoms with Gasteiger partial charge in [0.1, 0.15) is 0 Å². The highest BCUT2D eigenvalue weighted by atomic mass is 13.9. The average Bonchev–Trinajstić information content (AvgIpc) is 2.22. The number of hydrogen-bond donors (Lipinski definition) is 0. The molecule has 14 heavy (non-hydrogen) atoms. The van der Waals surface area contributed by atoms with E-state index >= 15 is 0 Å². The van der Waals surface area contributed by atoms with Crippen LogP contribution in [0, 0.1) is 6.08 Å². The molecule has 0 saturated carbocycles. The van der Waals surface area contributed by atoms with Gasteiger partial charge in [-0.25, -0.2) is 0 Å². The first-order valence-corrected chi connectivity index (χ1v) is 5.52. The van der Waals surface area contributed by atoms with Crippen molar-refractivity contribution in [1.82, 2.24) is 0 Å². The maximum Gasteiger partial charge on any atom is -0.00979 e. The van der Waals surface area contributed by atoms with Gasteiger partial charge in [-0.2, -0.15) is 0 Å². The van der Waals surface area contributed by atoms with Gasteiger partial charge in [0.25, 0.3) is 0 Å². The monoisotopic (exact) mass is 187 g/mol. The average molecular weight is 187 g/mol. The van der Waals surface area contributed by atoms with Crippen LogP contribution < -0.4 is 0 Å². The molecular formula is C14H19. The lowest BCUT2D eigenvalue weighted by Crippen LogP contribution is -1.71. The fourth-order valence-electron chi connectivity index (χ4n) is 1.33. The van der Waals surface area contributed by atoms with Crippen molar-refractivity contribution in [3.63, 3.8) is 0 Å². The van der Waals surface area contributed by atoms with Crippen molar-refractivity contribution in [3.8, 4) is 0 Å². The summed E-state index contributed by atoms with van der Waals surface area (Å²) in [7, 11) is 0. The zero-order valence-electron chi connectivity index (χ0n) is 8.78. The molecule has 0 amide bonds. The van der Waals surface area contributed by atoms with Gasteiger partial charge in [0.05, 0.1) is 0 Å². The number of allylic oxidation sites excluding steroid dienone is 8. The van der Waals surface area contributed by atoms with Gasteiger partial charge in [-0.15, -0.1) is 0 Å². The van der Waals surface area contributed by atoms with E-state index in [4.69, 9.17) is 0 Å². The third kappa shape index (κ3) is 6.47. The van der Waals surface area contributed by atoms with Crippen LogP contribution in [0.1, 0.15) is 38.5 Å². The molecule has 0 N–H and O–H groups in total. The molecule has 0 heterocycles. The van der Waals surface area contributed by atoms with E-state index in [1.165, 1.54) is 12.8 Å². The van der Waals surface area contributed by atoms with E-state index in [-0.39, 0.29) is 0 Å². The van der Waals surface area contributed by atoms with Gasteiger partial charge < -0.3 is 0 Å². The van der Waals surface area contributed by atoms with Gasteiger partial charge in [0.2, 0.25) is 0 Å². The van der Waals surface area contributed by atoms with E-state index in [1.807, 2.05) is 0 Å². The van der Waals surface area contributed by atoms with E-state index < -0.39 is 0 Å². The van der Waals surface area contributed by atoms with Crippen molar-refractivity contribution in [1.29, 1.82) is 0 Å². The molecule has 0 heteroatoms. The highest BCUT2D eigenvalue weighted by Gasteiger charge is 1.81. The quantitative estimate of drug-likeness (QED) is 0.494. The van der Waals surface area contributed by atoms with Crippen LogP contribution in [0.3, 0.4) is 0 Å². The second kappa shape index (κ2) is 8.55. The normalized spacial score (nSPS) is 19.4. The minimum atomic E-state index is 0.972. The van der Waals surface area contributed by atoms with E-state index in [0.29, 0.717) is 0 Å². The minimum Gasteiger partial charge on any atom is -0.0879 e. The minimum absolute atomic E-state index is 0.972. The van der Waals surface area contributed by atoms with Crippen molar-refractivity contribution in [2.24, 2.45) is 0 Å². The Morgan fingerprint density at radius 2 is 1.50 bits per heavy atom. The van der Waals surface area contributed by atoms with Crippen molar-refractivity contribution in [3.05, 3.63) is 48.6 Å². The van der Waals surface area contributed by atoms with Crippen molar-refractivity contribution >= 4 is 0 Å². The Bertz CT molecular complexity index is 228. The Balaban J connectivity index is 2.34. The van der Waals surface area contributed by atoms with Gasteiger partial charge in [-0.05, 0) is 44.6 Å². The largest absolute Gasteiger partial charge is 0.0879 e. The summed E-state index contributed by atoms with van der Waals surface area (Å²) in [6.07, 6.45) is 25.5. The molecule has 1 radical (unpaired) electrons. The number of rotatable bonds is 0. The first-order chi connectivity index (χ1) is 7.00. The molecule has 0 atom stereocenters. The molecule has 0 saturated heterocycles. The Morgan fingerprint density at radius 1 is 0.714 bits per heavy atom. The van der Waals surface area contributed by atoms with Crippen LogP contribution in [0.5, 0.6) is 0 Å². The first kappa shape index (κ1) is 11.0. The highest BCUT2D eigenvalue weighted by molar-refractivity contribution is 5.03. The maximum atomic E-state index is 3.29. The summed E-state index contributed by atoms with van der Waals surface area (Å²) < 4.78 is 0. The molecule has 0 fully saturated rings. The zero-order valence-corrected chi connectivity index (χ0v) is 8.78. The summed E-state index contributed by atoms with van der Waals surface area (Å²) in [6.45, 7) is 0. The smallest absolute Gasteiger partial charge is 0.00979 e. The molecule has 0 spiro atoms. The van der Waals surface area contributed by atoms with E-state index in [1.54, 1.807) is 0 Å². The lowest BCUT2D eigenvalue weighted by atomic mass is 10.2. The van der Waals surface area contributed by atoms with E-state index in [9.17, 15) is 0 Å². The van der Waals surface area contributed by atoms with Gasteiger partial charge >= 0.3 is 0 Å². The predicted molar refractivity (Wildman–Crippen MR) is 62.9 cm³/mol. The Labute approximate surface area is 87.7 Å². The fraction of sp³-hybridized carbons (Fsp3) is 0.429. The van der Waals surface area contributed by atoms with Crippen LogP contribution in [0.25, 0.3) is 0 Å². The molecule has 0 aromatic heterocycles. The molecule has 0 aliphatic heterocycles. The standard InChI is InChI=1S/C14H19/c1-2-4-6-8-10-12-14-13-11-9-7-5-3-1/h1-4,9,11-12H,5-8,10,13H2. The molecule has 1 aliphatic carbocycles. The summed E-state index contributed by atoms with van der Waals surface area (Å²) in [5.74, 6) is 0.